The van der Waals surface area contributed by atoms with Crippen LogP contribution in [0.15, 0.2) is 29.4 Å². The van der Waals surface area contributed by atoms with E-state index in [1.165, 1.54) is 4.90 Å². The van der Waals surface area contributed by atoms with Crippen molar-refractivity contribution in [2.45, 2.75) is 38.9 Å². The van der Waals surface area contributed by atoms with Gasteiger partial charge in [-0.1, -0.05) is 23.7 Å². The minimum atomic E-state index is -0.440. The molecule has 0 bridgehead atoms. The molecule has 1 aromatic rings. The van der Waals surface area contributed by atoms with Crippen molar-refractivity contribution in [3.8, 4) is 0 Å². The van der Waals surface area contributed by atoms with Crippen molar-refractivity contribution in [2.75, 3.05) is 20.1 Å². The lowest BCUT2D eigenvalue weighted by Crippen LogP contribution is -2.66. The molecule has 3 aliphatic rings. The standard InChI is InChI=1S/C18H23ClN6O2/c1-4-25-17-20-15-14(23(17)9-11(2)21-25)16(26)24(18(27)22(15)3)10-12-5-7-13(19)8-6-12/h5-8,14-15,17,20H,4,9-10H2,1-3H3. The third-order valence-electron chi connectivity index (χ3n) is 5.33. The van der Waals surface area contributed by atoms with Gasteiger partial charge in [0.25, 0.3) is 5.91 Å². The van der Waals surface area contributed by atoms with E-state index in [1.807, 2.05) is 31.0 Å². The summed E-state index contributed by atoms with van der Waals surface area (Å²) in [5.74, 6) is -0.182. The number of fused-ring (bicyclic) bond motifs is 3. The first kappa shape index (κ1) is 18.2. The van der Waals surface area contributed by atoms with Crippen LogP contribution in [0.1, 0.15) is 19.4 Å². The molecule has 4 rings (SSSR count). The second-order valence-electron chi connectivity index (χ2n) is 7.14. The van der Waals surface area contributed by atoms with Crippen molar-refractivity contribution in [1.82, 2.24) is 25.0 Å². The quantitative estimate of drug-likeness (QED) is 0.843. The SMILES string of the molecule is CCN1N=C(C)CN2C3C(=O)N(Cc4ccc(Cl)cc4)C(=O)N(C)C3NC12. The number of imide groups is 1. The number of likely N-dealkylation sites (N-methyl/N-ethyl adjacent to an activating group) is 1. The molecule has 0 spiro atoms. The van der Waals surface area contributed by atoms with Crippen molar-refractivity contribution < 1.29 is 9.59 Å². The molecular formula is C18H23ClN6O2. The molecule has 3 unspecified atom stereocenters. The van der Waals surface area contributed by atoms with E-state index in [0.29, 0.717) is 18.1 Å². The van der Waals surface area contributed by atoms with E-state index in [9.17, 15) is 9.59 Å². The lowest BCUT2D eigenvalue weighted by molar-refractivity contribution is -0.139. The summed E-state index contributed by atoms with van der Waals surface area (Å²) in [6, 6.07) is 6.45. The number of benzene rings is 1. The molecule has 1 aromatic carbocycles. The lowest BCUT2D eigenvalue weighted by Gasteiger charge is -2.42. The predicted octanol–water partition coefficient (Wildman–Crippen LogP) is 1.33. The minimum absolute atomic E-state index is 0.182. The Morgan fingerprint density at radius 3 is 2.63 bits per heavy atom. The van der Waals surface area contributed by atoms with Crippen molar-refractivity contribution in [3.05, 3.63) is 34.9 Å². The number of hydrazone groups is 1. The van der Waals surface area contributed by atoms with E-state index in [-0.39, 0.29) is 30.9 Å². The molecule has 9 heteroatoms. The molecule has 0 saturated carbocycles. The van der Waals surface area contributed by atoms with Gasteiger partial charge in [0.1, 0.15) is 12.2 Å². The molecule has 0 radical (unpaired) electrons. The highest BCUT2D eigenvalue weighted by Gasteiger charge is 2.56. The highest BCUT2D eigenvalue weighted by atomic mass is 35.5. The van der Waals surface area contributed by atoms with Crippen molar-refractivity contribution in [2.24, 2.45) is 5.10 Å². The summed E-state index contributed by atoms with van der Waals surface area (Å²) in [7, 11) is 1.73. The largest absolute Gasteiger partial charge is 0.328 e. The first-order valence-electron chi connectivity index (χ1n) is 9.06. The van der Waals surface area contributed by atoms with Gasteiger partial charge in [-0.05, 0) is 31.5 Å². The molecule has 1 N–H and O–H groups in total. The maximum absolute atomic E-state index is 13.3. The van der Waals surface area contributed by atoms with Gasteiger partial charge in [0.15, 0.2) is 6.29 Å². The van der Waals surface area contributed by atoms with Crippen molar-refractivity contribution in [1.29, 1.82) is 0 Å². The van der Waals surface area contributed by atoms with Gasteiger partial charge in [-0.3, -0.25) is 20.0 Å². The number of nitrogens with one attached hydrogen (secondary N) is 1. The Balaban J connectivity index is 1.63. The number of rotatable bonds is 3. The van der Waals surface area contributed by atoms with Crippen LogP contribution in [0.3, 0.4) is 0 Å². The average molecular weight is 391 g/mol. The first-order chi connectivity index (χ1) is 12.9. The highest BCUT2D eigenvalue weighted by molar-refractivity contribution is 6.30. The van der Waals surface area contributed by atoms with Gasteiger partial charge in [0, 0.05) is 30.9 Å². The molecule has 3 heterocycles. The second-order valence-corrected chi connectivity index (χ2v) is 7.57. The molecule has 3 aliphatic heterocycles. The number of halogens is 1. The fraction of sp³-hybridized carbons (Fsp3) is 0.500. The van der Waals surface area contributed by atoms with Crippen molar-refractivity contribution in [3.63, 3.8) is 0 Å². The third kappa shape index (κ3) is 2.97. The second kappa shape index (κ2) is 6.78. The van der Waals surface area contributed by atoms with E-state index >= 15 is 0 Å². The van der Waals surface area contributed by atoms with Crippen LogP contribution >= 0.6 is 11.6 Å². The molecule has 2 saturated heterocycles. The van der Waals surface area contributed by atoms with Gasteiger partial charge < -0.3 is 4.90 Å². The fourth-order valence-corrected chi connectivity index (χ4v) is 4.14. The summed E-state index contributed by atoms with van der Waals surface area (Å²) in [6.45, 7) is 5.52. The number of nitrogens with zero attached hydrogens (tertiary/aromatic N) is 5. The van der Waals surface area contributed by atoms with Gasteiger partial charge in [-0.2, -0.15) is 5.10 Å². The van der Waals surface area contributed by atoms with Gasteiger partial charge in [0.2, 0.25) is 0 Å². The number of carbonyl (C=O) groups is 2. The Morgan fingerprint density at radius 2 is 1.96 bits per heavy atom. The van der Waals surface area contributed by atoms with Gasteiger partial charge >= 0.3 is 6.03 Å². The smallest absolute Gasteiger partial charge is 0.310 e. The molecule has 27 heavy (non-hydrogen) atoms. The van der Waals surface area contributed by atoms with Crippen LogP contribution in [-0.4, -0.2) is 76.0 Å². The summed E-state index contributed by atoms with van der Waals surface area (Å²) in [6.07, 6.45) is -0.560. The predicted molar refractivity (Wildman–Crippen MR) is 102 cm³/mol. The lowest BCUT2D eigenvalue weighted by atomic mass is 10.1. The Bertz CT molecular complexity index is 798. The molecule has 3 amide bonds. The Morgan fingerprint density at radius 1 is 1.26 bits per heavy atom. The number of carbonyl (C=O) groups excluding carboxylic acids is 2. The average Bonchev–Trinajstić information content (AvgIpc) is 3.04. The Hall–Kier alpha value is -2.16. The van der Waals surface area contributed by atoms with Crippen LogP contribution in [-0.2, 0) is 11.3 Å². The molecule has 8 nitrogen and oxygen atoms in total. The Kier molecular flexibility index (Phi) is 4.57. The molecular weight excluding hydrogens is 368 g/mol. The molecule has 0 aliphatic carbocycles. The van der Waals surface area contributed by atoms with E-state index in [4.69, 9.17) is 11.6 Å². The molecule has 3 atom stereocenters. The highest BCUT2D eigenvalue weighted by Crippen LogP contribution is 2.30. The van der Waals surface area contributed by atoms with E-state index < -0.39 is 6.04 Å². The molecule has 2 fully saturated rings. The van der Waals surface area contributed by atoms with Gasteiger partial charge in [0.05, 0.1) is 6.54 Å². The van der Waals surface area contributed by atoms with Crippen molar-refractivity contribution >= 4 is 29.3 Å². The maximum Gasteiger partial charge on any atom is 0.328 e. The number of hydrogen-bond donors (Lipinski definition) is 1. The number of hydrogen-bond acceptors (Lipinski definition) is 6. The first-order valence-corrected chi connectivity index (χ1v) is 9.43. The summed E-state index contributed by atoms with van der Waals surface area (Å²) < 4.78 is 0. The van der Waals surface area contributed by atoms with Crippen LogP contribution in [0.4, 0.5) is 4.79 Å². The zero-order valence-corrected chi connectivity index (χ0v) is 16.3. The van der Waals surface area contributed by atoms with Gasteiger partial charge in [-0.15, -0.1) is 0 Å². The molecule has 0 aromatic heterocycles. The van der Waals surface area contributed by atoms with E-state index in [0.717, 1.165) is 11.3 Å². The van der Waals surface area contributed by atoms with E-state index in [2.05, 4.69) is 15.3 Å². The van der Waals surface area contributed by atoms with Crippen LogP contribution < -0.4 is 5.32 Å². The Labute approximate surface area is 163 Å². The topological polar surface area (TPSA) is 71.5 Å². The van der Waals surface area contributed by atoms with Crippen LogP contribution in [0.2, 0.25) is 5.02 Å². The monoisotopic (exact) mass is 390 g/mol. The summed E-state index contributed by atoms with van der Waals surface area (Å²) in [5.41, 5.74) is 1.81. The number of amides is 3. The molecule has 144 valence electrons. The van der Waals surface area contributed by atoms with Gasteiger partial charge in [-0.25, -0.2) is 9.69 Å². The van der Waals surface area contributed by atoms with Crippen LogP contribution in [0.25, 0.3) is 0 Å². The normalized spacial score (nSPS) is 28.4. The van der Waals surface area contributed by atoms with E-state index in [1.54, 1.807) is 24.1 Å². The third-order valence-corrected chi connectivity index (χ3v) is 5.58. The zero-order valence-electron chi connectivity index (χ0n) is 15.6. The maximum atomic E-state index is 13.3. The number of urea groups is 1. The minimum Gasteiger partial charge on any atom is -0.310 e. The zero-order chi connectivity index (χ0) is 19.3. The summed E-state index contributed by atoms with van der Waals surface area (Å²) >= 11 is 5.94. The summed E-state index contributed by atoms with van der Waals surface area (Å²) in [4.78, 5) is 31.2. The fourth-order valence-electron chi connectivity index (χ4n) is 4.01. The van der Waals surface area contributed by atoms with Crippen LogP contribution in [0.5, 0.6) is 0 Å². The van der Waals surface area contributed by atoms with Crippen LogP contribution in [0, 0.1) is 0 Å². The summed E-state index contributed by atoms with van der Waals surface area (Å²) in [5, 5.41) is 10.5.